The average Bonchev–Trinajstić information content (AvgIpc) is 2.44. The summed E-state index contributed by atoms with van der Waals surface area (Å²) in [5.41, 5.74) is 2.53. The molecule has 0 aromatic heterocycles. The predicted molar refractivity (Wildman–Crippen MR) is 89.1 cm³/mol. The fourth-order valence-electron chi connectivity index (χ4n) is 2.39. The first-order valence-electron chi connectivity index (χ1n) is 7.63. The Bertz CT molecular complexity index is 398. The zero-order valence-corrected chi connectivity index (χ0v) is 14.2. The van der Waals surface area contributed by atoms with Crippen LogP contribution in [-0.4, -0.2) is 21.8 Å². The summed E-state index contributed by atoms with van der Waals surface area (Å²) in [6.07, 6.45) is 5.11. The molecule has 1 atom stereocenters. The molecule has 3 heteroatoms. The van der Waals surface area contributed by atoms with Crippen molar-refractivity contribution in [3.8, 4) is 0 Å². The molecule has 0 aliphatic heterocycles. The van der Waals surface area contributed by atoms with Gasteiger partial charge in [0.25, 0.3) is 0 Å². The van der Waals surface area contributed by atoms with E-state index in [1.165, 1.54) is 11.1 Å². The maximum absolute atomic E-state index is 6.09. The van der Waals surface area contributed by atoms with Gasteiger partial charge in [0, 0.05) is 13.2 Å². The lowest BCUT2D eigenvalue weighted by atomic mass is 10.1. The second-order valence-corrected chi connectivity index (χ2v) is 8.56. The standard InChI is InChI=1S/C17H28O2Si/c1-5-14-20(4,18-7-3)19-13-9-12-17-11-8-10-16(6-2)15-17/h6,8,10-11,15H,2,5,7,9,12-14H2,1,3-4H3. The van der Waals surface area contributed by atoms with Crippen molar-refractivity contribution in [2.75, 3.05) is 13.2 Å². The third-order valence-corrected chi connectivity index (χ3v) is 6.48. The highest BCUT2D eigenvalue weighted by molar-refractivity contribution is 6.66. The van der Waals surface area contributed by atoms with Crippen LogP contribution in [0.1, 0.15) is 37.8 Å². The molecule has 0 heterocycles. The molecule has 0 amide bonds. The van der Waals surface area contributed by atoms with E-state index in [0.29, 0.717) is 0 Å². The van der Waals surface area contributed by atoms with Crippen LogP contribution in [0.15, 0.2) is 30.8 Å². The molecular formula is C17H28O2Si. The summed E-state index contributed by atoms with van der Waals surface area (Å²) in [5.74, 6) is 0. The molecule has 1 rings (SSSR count). The highest BCUT2D eigenvalue weighted by atomic mass is 28.4. The van der Waals surface area contributed by atoms with Gasteiger partial charge in [-0.05, 0) is 43.5 Å². The Labute approximate surface area is 125 Å². The smallest absolute Gasteiger partial charge is 0.334 e. The zero-order chi connectivity index (χ0) is 14.8. The number of hydrogen-bond acceptors (Lipinski definition) is 2. The highest BCUT2D eigenvalue weighted by Gasteiger charge is 2.29. The van der Waals surface area contributed by atoms with Crippen LogP contribution in [0.3, 0.4) is 0 Å². The van der Waals surface area contributed by atoms with Crippen LogP contribution in [0.4, 0.5) is 0 Å². The molecular weight excluding hydrogens is 264 g/mol. The van der Waals surface area contributed by atoms with Crippen molar-refractivity contribution in [2.24, 2.45) is 0 Å². The molecule has 0 saturated heterocycles. The third kappa shape index (κ3) is 6.03. The van der Waals surface area contributed by atoms with Crippen molar-refractivity contribution >= 4 is 14.6 Å². The average molecular weight is 292 g/mol. The normalized spacial score (nSPS) is 13.9. The number of aryl methyl sites for hydroxylation is 1. The van der Waals surface area contributed by atoms with Gasteiger partial charge in [0.1, 0.15) is 0 Å². The van der Waals surface area contributed by atoms with Gasteiger partial charge in [-0.2, -0.15) is 0 Å². The molecule has 1 aromatic rings. The lowest BCUT2D eigenvalue weighted by Gasteiger charge is -2.26. The predicted octanol–water partition coefficient (Wildman–Crippen LogP) is 4.80. The van der Waals surface area contributed by atoms with E-state index in [1.807, 2.05) is 13.0 Å². The SMILES string of the molecule is C=Cc1cccc(CCCO[Si](C)(CCC)OCC)c1. The van der Waals surface area contributed by atoms with Crippen LogP contribution in [0.25, 0.3) is 6.08 Å². The van der Waals surface area contributed by atoms with Gasteiger partial charge < -0.3 is 8.85 Å². The monoisotopic (exact) mass is 292 g/mol. The van der Waals surface area contributed by atoms with E-state index in [-0.39, 0.29) is 0 Å². The van der Waals surface area contributed by atoms with E-state index in [1.54, 1.807) is 0 Å². The number of rotatable bonds is 10. The minimum absolute atomic E-state index is 0.754. The first-order chi connectivity index (χ1) is 9.63. The van der Waals surface area contributed by atoms with Crippen LogP contribution in [0, 0.1) is 0 Å². The quantitative estimate of drug-likeness (QED) is 0.455. The fraction of sp³-hybridized carbons (Fsp3) is 0.529. The van der Waals surface area contributed by atoms with Gasteiger partial charge in [-0.3, -0.25) is 0 Å². The molecule has 0 radical (unpaired) electrons. The summed E-state index contributed by atoms with van der Waals surface area (Å²) < 4.78 is 11.9. The second-order valence-electron chi connectivity index (χ2n) is 5.22. The lowest BCUT2D eigenvalue weighted by Crippen LogP contribution is -2.38. The van der Waals surface area contributed by atoms with E-state index in [4.69, 9.17) is 8.85 Å². The largest absolute Gasteiger partial charge is 0.395 e. The molecule has 0 saturated carbocycles. The summed E-state index contributed by atoms with van der Waals surface area (Å²) in [6, 6.07) is 9.60. The first kappa shape index (κ1) is 17.1. The molecule has 1 aromatic carbocycles. The van der Waals surface area contributed by atoms with Crippen molar-refractivity contribution in [2.45, 2.75) is 45.7 Å². The van der Waals surface area contributed by atoms with Crippen LogP contribution >= 0.6 is 0 Å². The fourth-order valence-corrected chi connectivity index (χ4v) is 4.85. The van der Waals surface area contributed by atoms with E-state index >= 15 is 0 Å². The van der Waals surface area contributed by atoms with Crippen LogP contribution in [0.2, 0.25) is 12.6 Å². The van der Waals surface area contributed by atoms with Gasteiger partial charge in [0.15, 0.2) is 0 Å². The molecule has 0 aliphatic rings. The van der Waals surface area contributed by atoms with E-state index in [2.05, 4.69) is 44.3 Å². The van der Waals surface area contributed by atoms with E-state index < -0.39 is 8.56 Å². The first-order valence-corrected chi connectivity index (χ1v) is 10.1. The molecule has 2 nitrogen and oxygen atoms in total. The second kappa shape index (κ2) is 9.11. The van der Waals surface area contributed by atoms with Crippen molar-refractivity contribution in [1.29, 1.82) is 0 Å². The Kier molecular flexibility index (Phi) is 7.81. The lowest BCUT2D eigenvalue weighted by molar-refractivity contribution is 0.178. The minimum atomic E-state index is -1.92. The number of hydrogen-bond donors (Lipinski definition) is 0. The molecule has 1 unspecified atom stereocenters. The Balaban J connectivity index is 2.37. The topological polar surface area (TPSA) is 18.5 Å². The Morgan fingerprint density at radius 3 is 2.70 bits per heavy atom. The Morgan fingerprint density at radius 2 is 2.05 bits per heavy atom. The molecule has 112 valence electrons. The van der Waals surface area contributed by atoms with E-state index in [0.717, 1.165) is 38.5 Å². The van der Waals surface area contributed by atoms with Crippen LogP contribution in [-0.2, 0) is 15.3 Å². The highest BCUT2D eigenvalue weighted by Crippen LogP contribution is 2.16. The van der Waals surface area contributed by atoms with Crippen LogP contribution in [0.5, 0.6) is 0 Å². The Morgan fingerprint density at radius 1 is 1.25 bits per heavy atom. The Hall–Kier alpha value is -0.903. The molecule has 0 bridgehead atoms. The van der Waals surface area contributed by atoms with Gasteiger partial charge in [-0.15, -0.1) is 0 Å². The molecule has 0 N–H and O–H groups in total. The maximum atomic E-state index is 6.09. The van der Waals surface area contributed by atoms with Gasteiger partial charge in [0.2, 0.25) is 0 Å². The van der Waals surface area contributed by atoms with Crippen molar-refractivity contribution < 1.29 is 8.85 Å². The minimum Gasteiger partial charge on any atom is -0.395 e. The van der Waals surface area contributed by atoms with Gasteiger partial charge in [0.05, 0.1) is 0 Å². The van der Waals surface area contributed by atoms with Crippen molar-refractivity contribution in [3.63, 3.8) is 0 Å². The molecule has 20 heavy (non-hydrogen) atoms. The van der Waals surface area contributed by atoms with Gasteiger partial charge in [-0.25, -0.2) is 0 Å². The van der Waals surface area contributed by atoms with Crippen molar-refractivity contribution in [1.82, 2.24) is 0 Å². The summed E-state index contributed by atoms with van der Waals surface area (Å²) in [5, 5.41) is 0. The van der Waals surface area contributed by atoms with Crippen LogP contribution < -0.4 is 0 Å². The number of benzene rings is 1. The summed E-state index contributed by atoms with van der Waals surface area (Å²) in [7, 11) is -1.92. The molecule has 0 fully saturated rings. The summed E-state index contributed by atoms with van der Waals surface area (Å²) >= 11 is 0. The third-order valence-electron chi connectivity index (χ3n) is 3.36. The van der Waals surface area contributed by atoms with Gasteiger partial charge >= 0.3 is 8.56 Å². The summed E-state index contributed by atoms with van der Waals surface area (Å²) in [4.78, 5) is 0. The molecule has 0 spiro atoms. The molecule has 0 aliphatic carbocycles. The summed E-state index contributed by atoms with van der Waals surface area (Å²) in [6.45, 7) is 11.8. The van der Waals surface area contributed by atoms with Crippen molar-refractivity contribution in [3.05, 3.63) is 42.0 Å². The van der Waals surface area contributed by atoms with Gasteiger partial charge in [-0.1, -0.05) is 50.3 Å². The maximum Gasteiger partial charge on any atom is 0.334 e. The zero-order valence-electron chi connectivity index (χ0n) is 13.2. The van der Waals surface area contributed by atoms with E-state index in [9.17, 15) is 0 Å².